The van der Waals surface area contributed by atoms with Crippen molar-refractivity contribution < 1.29 is 63.1 Å². The number of phosphoric ester groups is 1. The number of allylic oxidation sites excluding steroid dienone is 10. The van der Waals surface area contributed by atoms with Gasteiger partial charge in [0.05, 0.1) is 6.61 Å². The molecule has 0 aromatic rings. The molecule has 6 N–H and O–H groups in total. The molecule has 1 aliphatic rings. The zero-order valence-corrected chi connectivity index (χ0v) is 36.7. The summed E-state index contributed by atoms with van der Waals surface area (Å²) >= 11 is 0. The highest BCUT2D eigenvalue weighted by atomic mass is 31.2. The van der Waals surface area contributed by atoms with Gasteiger partial charge in [0.25, 0.3) is 0 Å². The summed E-state index contributed by atoms with van der Waals surface area (Å²) in [6, 6.07) is 0. The highest BCUT2D eigenvalue weighted by Crippen LogP contribution is 2.47. The maximum Gasteiger partial charge on any atom is 0.472 e. The zero-order valence-electron chi connectivity index (χ0n) is 35.8. The van der Waals surface area contributed by atoms with Gasteiger partial charge in [0.15, 0.2) is 6.10 Å². The van der Waals surface area contributed by atoms with Crippen LogP contribution in [-0.4, -0.2) is 98.3 Å². The summed E-state index contributed by atoms with van der Waals surface area (Å²) in [4.78, 5) is 35.6. The second kappa shape index (κ2) is 35.2. The average Bonchev–Trinajstić information content (AvgIpc) is 3.21. The van der Waals surface area contributed by atoms with E-state index in [1.54, 1.807) is 0 Å². The molecule has 1 saturated carbocycles. The van der Waals surface area contributed by atoms with Crippen LogP contribution in [0.5, 0.6) is 0 Å². The maximum atomic E-state index is 12.8. The molecule has 13 nitrogen and oxygen atoms in total. The molecule has 1 rings (SSSR count). The first kappa shape index (κ1) is 54.6. The van der Waals surface area contributed by atoms with Gasteiger partial charge in [-0.15, -0.1) is 0 Å². The molecule has 14 heteroatoms. The minimum absolute atomic E-state index is 0.0650. The predicted molar refractivity (Wildman–Crippen MR) is 230 cm³/mol. The van der Waals surface area contributed by atoms with Gasteiger partial charge in [-0.3, -0.25) is 18.6 Å². The number of ether oxygens (including phenoxy) is 2. The molecule has 59 heavy (non-hydrogen) atoms. The van der Waals surface area contributed by atoms with E-state index in [4.69, 9.17) is 18.5 Å². The van der Waals surface area contributed by atoms with Crippen LogP contribution in [0.15, 0.2) is 60.8 Å². The van der Waals surface area contributed by atoms with Gasteiger partial charge in [0.2, 0.25) is 0 Å². The van der Waals surface area contributed by atoms with Crippen molar-refractivity contribution in [3.8, 4) is 0 Å². The Balaban J connectivity index is 2.53. The first-order valence-electron chi connectivity index (χ1n) is 22.1. The van der Waals surface area contributed by atoms with Gasteiger partial charge in [-0.1, -0.05) is 126 Å². The molecular formula is C45H77O13P. The molecule has 6 unspecified atom stereocenters. The van der Waals surface area contributed by atoms with E-state index in [0.29, 0.717) is 12.8 Å². The van der Waals surface area contributed by atoms with Crippen LogP contribution in [0, 0.1) is 0 Å². The lowest BCUT2D eigenvalue weighted by Crippen LogP contribution is -2.64. The quantitative estimate of drug-likeness (QED) is 0.0154. The molecule has 340 valence electrons. The number of hydrogen-bond acceptors (Lipinski definition) is 12. The number of carbonyl (C=O) groups is 2. The Labute approximate surface area is 353 Å². The fourth-order valence-corrected chi connectivity index (χ4v) is 7.24. The van der Waals surface area contributed by atoms with Crippen LogP contribution in [0.3, 0.4) is 0 Å². The highest BCUT2D eigenvalue weighted by molar-refractivity contribution is 7.47. The second-order valence-electron chi connectivity index (χ2n) is 15.2. The smallest absolute Gasteiger partial charge is 0.462 e. The molecule has 1 aliphatic carbocycles. The molecule has 0 bridgehead atoms. The first-order chi connectivity index (χ1) is 28.4. The van der Waals surface area contributed by atoms with Crippen molar-refractivity contribution >= 4 is 19.8 Å². The van der Waals surface area contributed by atoms with Gasteiger partial charge in [-0.2, -0.15) is 0 Å². The third-order valence-electron chi connectivity index (χ3n) is 9.84. The lowest BCUT2D eigenvalue weighted by atomic mass is 9.85. The third-order valence-corrected chi connectivity index (χ3v) is 10.8. The van der Waals surface area contributed by atoms with Crippen LogP contribution >= 0.6 is 7.82 Å². The Morgan fingerprint density at radius 2 is 0.966 bits per heavy atom. The van der Waals surface area contributed by atoms with Crippen LogP contribution in [0.4, 0.5) is 0 Å². The zero-order chi connectivity index (χ0) is 43.6. The molecule has 0 aromatic carbocycles. The van der Waals surface area contributed by atoms with E-state index in [9.17, 15) is 44.6 Å². The second-order valence-corrected chi connectivity index (χ2v) is 16.6. The summed E-state index contributed by atoms with van der Waals surface area (Å²) in [6.07, 6.45) is 28.6. The summed E-state index contributed by atoms with van der Waals surface area (Å²) in [6.45, 7) is 3.12. The molecule has 0 spiro atoms. The van der Waals surface area contributed by atoms with E-state index < -0.39 is 75.7 Å². The lowest BCUT2D eigenvalue weighted by molar-refractivity contribution is -0.220. The minimum Gasteiger partial charge on any atom is -0.462 e. The van der Waals surface area contributed by atoms with Crippen molar-refractivity contribution in [1.29, 1.82) is 0 Å². The van der Waals surface area contributed by atoms with Crippen molar-refractivity contribution in [3.63, 3.8) is 0 Å². The van der Waals surface area contributed by atoms with Gasteiger partial charge in [-0.05, 0) is 77.0 Å². The van der Waals surface area contributed by atoms with Crippen molar-refractivity contribution in [1.82, 2.24) is 0 Å². The van der Waals surface area contributed by atoms with Crippen molar-refractivity contribution in [2.45, 2.75) is 198 Å². The van der Waals surface area contributed by atoms with Crippen LogP contribution in [0.2, 0.25) is 0 Å². The largest absolute Gasteiger partial charge is 0.472 e. The summed E-state index contributed by atoms with van der Waals surface area (Å²) in [5, 5.41) is 50.1. The fraction of sp³-hybridized carbons (Fsp3) is 0.733. The number of unbranched alkanes of at least 4 members (excludes halogenated alkanes) is 13. The molecule has 1 fully saturated rings. The van der Waals surface area contributed by atoms with Gasteiger partial charge < -0.3 is 39.9 Å². The molecule has 0 heterocycles. The van der Waals surface area contributed by atoms with Crippen LogP contribution < -0.4 is 0 Å². The number of esters is 2. The Morgan fingerprint density at radius 1 is 0.542 bits per heavy atom. The highest BCUT2D eigenvalue weighted by Gasteiger charge is 2.51. The Kier molecular flexibility index (Phi) is 32.5. The average molecular weight is 857 g/mol. The normalized spacial score (nSPS) is 22.9. The molecule has 0 aliphatic heterocycles. The standard InChI is InChI=1S/C45H77O13P/c1-3-5-7-9-11-13-15-17-19-21-23-25-27-29-31-33-38(46)55-35-37(36-56-59(53,54)58-45-43(51)41(49)40(48)42(50)44(45)52)57-39(47)34-32-30-28-26-24-22-20-18-16-14-12-10-8-6-4-2/h5,7,11,13,17,19,22-25,37,40-45,48-52H,3-4,6,8-10,12,14-16,18,20-21,26-36H2,1-2H3,(H,53,54)/b7-5+,13-11+,19-17+,24-22+,25-23+/t37-,40?,41-,42?,43?,44?,45?/m1/s1. The molecule has 0 aromatic heterocycles. The molecule has 8 atom stereocenters. The Hall–Kier alpha value is -2.45. The summed E-state index contributed by atoms with van der Waals surface area (Å²) in [5.74, 6) is -1.17. The fourth-order valence-electron chi connectivity index (χ4n) is 6.27. The minimum atomic E-state index is -5.13. The molecule has 0 amide bonds. The van der Waals surface area contributed by atoms with Crippen LogP contribution in [-0.2, 0) is 32.7 Å². The van der Waals surface area contributed by atoms with Gasteiger partial charge in [-0.25, -0.2) is 4.57 Å². The van der Waals surface area contributed by atoms with Gasteiger partial charge in [0, 0.05) is 12.8 Å². The number of hydrogen-bond donors (Lipinski definition) is 6. The number of rotatable bonds is 35. The lowest BCUT2D eigenvalue weighted by Gasteiger charge is -2.41. The number of aliphatic hydroxyl groups excluding tert-OH is 5. The van der Waals surface area contributed by atoms with Crippen LogP contribution in [0.1, 0.15) is 155 Å². The molecule has 0 radical (unpaired) electrons. The third kappa shape index (κ3) is 27.9. The van der Waals surface area contributed by atoms with Crippen LogP contribution in [0.25, 0.3) is 0 Å². The number of carbonyl (C=O) groups excluding carboxylic acids is 2. The van der Waals surface area contributed by atoms with Crippen molar-refractivity contribution in [2.24, 2.45) is 0 Å². The van der Waals surface area contributed by atoms with E-state index in [2.05, 4.69) is 74.6 Å². The van der Waals surface area contributed by atoms with Crippen molar-refractivity contribution in [2.75, 3.05) is 13.2 Å². The van der Waals surface area contributed by atoms with E-state index >= 15 is 0 Å². The van der Waals surface area contributed by atoms with Crippen molar-refractivity contribution in [3.05, 3.63) is 60.8 Å². The van der Waals surface area contributed by atoms with Gasteiger partial charge in [0.1, 0.15) is 43.2 Å². The predicted octanol–water partition coefficient (Wildman–Crippen LogP) is 8.16. The van der Waals surface area contributed by atoms with E-state index in [0.717, 1.165) is 64.2 Å². The SMILES string of the molecule is CC/C=C/C/C=C/C/C=C/C/C=C/CCCCC(=O)OC[C@H](COP(=O)(O)OC1C(O)C(O)C(O)[C@@H](O)C1O)OC(=O)CCCCC/C=C/CCCCCCCCCC. The first-order valence-corrected chi connectivity index (χ1v) is 23.6. The molecule has 0 saturated heterocycles. The molecular weight excluding hydrogens is 779 g/mol. The van der Waals surface area contributed by atoms with E-state index in [1.165, 1.54) is 51.4 Å². The number of phosphoric acid groups is 1. The number of aliphatic hydroxyl groups is 5. The van der Waals surface area contributed by atoms with E-state index in [1.807, 2.05) is 0 Å². The topological polar surface area (TPSA) is 210 Å². The Bertz CT molecular complexity index is 1270. The van der Waals surface area contributed by atoms with Gasteiger partial charge >= 0.3 is 19.8 Å². The summed E-state index contributed by atoms with van der Waals surface area (Å²) in [5.41, 5.74) is 0. The summed E-state index contributed by atoms with van der Waals surface area (Å²) in [7, 11) is -5.13. The van der Waals surface area contributed by atoms with E-state index in [-0.39, 0.29) is 12.8 Å². The monoisotopic (exact) mass is 857 g/mol. The maximum absolute atomic E-state index is 12.8. The Morgan fingerprint density at radius 3 is 1.53 bits per heavy atom. The summed E-state index contributed by atoms with van der Waals surface area (Å²) < 4.78 is 33.4.